The molecule has 4 nitrogen and oxygen atoms in total. The highest BCUT2D eigenvalue weighted by molar-refractivity contribution is 9.10. The van der Waals surface area contributed by atoms with Gasteiger partial charge >= 0.3 is 0 Å². The summed E-state index contributed by atoms with van der Waals surface area (Å²) in [7, 11) is 0. The summed E-state index contributed by atoms with van der Waals surface area (Å²) >= 11 is 3.45. The van der Waals surface area contributed by atoms with Crippen LogP contribution in [0, 0.1) is 13.8 Å². The fourth-order valence-electron chi connectivity index (χ4n) is 2.14. The zero-order valence-electron chi connectivity index (χ0n) is 11.7. The third-order valence-electron chi connectivity index (χ3n) is 3.37. The van der Waals surface area contributed by atoms with Gasteiger partial charge in [-0.25, -0.2) is 0 Å². The number of hydrogen-bond acceptors (Lipinski definition) is 4. The third-order valence-corrected chi connectivity index (χ3v) is 3.87. The van der Waals surface area contributed by atoms with Crippen LogP contribution in [0.1, 0.15) is 11.1 Å². The molecule has 0 bridgehead atoms. The van der Waals surface area contributed by atoms with E-state index in [1.54, 1.807) is 0 Å². The van der Waals surface area contributed by atoms with Crippen molar-refractivity contribution < 1.29 is 4.52 Å². The number of rotatable bonds is 2. The normalized spacial score (nSPS) is 10.8. The summed E-state index contributed by atoms with van der Waals surface area (Å²) < 4.78 is 6.40. The topological polar surface area (TPSA) is 64.9 Å². The van der Waals surface area contributed by atoms with Crippen molar-refractivity contribution in [2.45, 2.75) is 13.8 Å². The van der Waals surface area contributed by atoms with Gasteiger partial charge in [0.25, 0.3) is 5.89 Å². The van der Waals surface area contributed by atoms with Crippen LogP contribution in [0.25, 0.3) is 22.8 Å². The van der Waals surface area contributed by atoms with Gasteiger partial charge in [-0.3, -0.25) is 0 Å². The molecule has 0 unspecified atom stereocenters. The zero-order valence-corrected chi connectivity index (χ0v) is 13.3. The van der Waals surface area contributed by atoms with Crippen LogP contribution in [0.15, 0.2) is 45.4 Å². The molecule has 3 rings (SSSR count). The van der Waals surface area contributed by atoms with Crippen LogP contribution < -0.4 is 5.73 Å². The van der Waals surface area contributed by atoms with Crippen molar-refractivity contribution >= 4 is 21.6 Å². The Balaban J connectivity index is 2.01. The smallest absolute Gasteiger partial charge is 0.258 e. The Labute approximate surface area is 131 Å². The van der Waals surface area contributed by atoms with Gasteiger partial charge in [-0.2, -0.15) is 4.98 Å². The molecule has 1 heterocycles. The lowest BCUT2D eigenvalue weighted by Crippen LogP contribution is -1.90. The summed E-state index contributed by atoms with van der Waals surface area (Å²) in [6.07, 6.45) is 0. The van der Waals surface area contributed by atoms with Crippen molar-refractivity contribution in [3.05, 3.63) is 52.0 Å². The summed E-state index contributed by atoms with van der Waals surface area (Å²) in [6, 6.07) is 11.6. The SMILES string of the molecule is Cc1cc(-c2nc(-c3ccc(Br)cc3C)no2)ccc1N. The van der Waals surface area contributed by atoms with Crippen molar-refractivity contribution in [3.8, 4) is 22.8 Å². The van der Waals surface area contributed by atoms with E-state index in [2.05, 4.69) is 26.1 Å². The predicted molar refractivity (Wildman–Crippen MR) is 86.8 cm³/mol. The fourth-order valence-corrected chi connectivity index (χ4v) is 2.61. The first-order valence-electron chi connectivity index (χ1n) is 6.51. The van der Waals surface area contributed by atoms with Gasteiger partial charge in [0.15, 0.2) is 0 Å². The van der Waals surface area contributed by atoms with E-state index in [1.807, 2.05) is 50.2 Å². The number of halogens is 1. The summed E-state index contributed by atoms with van der Waals surface area (Å²) in [4.78, 5) is 4.48. The van der Waals surface area contributed by atoms with E-state index >= 15 is 0 Å². The molecule has 0 radical (unpaired) electrons. The molecule has 0 amide bonds. The number of nitrogens with zero attached hydrogens (tertiary/aromatic N) is 2. The first-order chi connectivity index (χ1) is 10.0. The van der Waals surface area contributed by atoms with E-state index in [4.69, 9.17) is 10.3 Å². The molecule has 0 fully saturated rings. The number of aromatic nitrogens is 2. The Morgan fingerprint density at radius 3 is 2.57 bits per heavy atom. The Hall–Kier alpha value is -2.14. The molecule has 3 aromatic rings. The lowest BCUT2D eigenvalue weighted by Gasteiger charge is -2.01. The minimum absolute atomic E-state index is 0.496. The Morgan fingerprint density at radius 1 is 1.05 bits per heavy atom. The Bertz CT molecular complexity index is 811. The Morgan fingerprint density at radius 2 is 1.86 bits per heavy atom. The molecule has 0 saturated heterocycles. The Kier molecular flexibility index (Phi) is 3.51. The maximum Gasteiger partial charge on any atom is 0.258 e. The van der Waals surface area contributed by atoms with Crippen molar-refractivity contribution in [2.24, 2.45) is 0 Å². The first-order valence-corrected chi connectivity index (χ1v) is 7.30. The van der Waals surface area contributed by atoms with Crippen LogP contribution in [0.5, 0.6) is 0 Å². The van der Waals surface area contributed by atoms with Crippen LogP contribution in [0.4, 0.5) is 5.69 Å². The van der Waals surface area contributed by atoms with Crippen LogP contribution in [-0.4, -0.2) is 10.1 Å². The number of benzene rings is 2. The lowest BCUT2D eigenvalue weighted by molar-refractivity contribution is 0.432. The van der Waals surface area contributed by atoms with Crippen LogP contribution in [0.2, 0.25) is 0 Å². The number of hydrogen-bond donors (Lipinski definition) is 1. The number of aryl methyl sites for hydroxylation is 2. The molecule has 21 heavy (non-hydrogen) atoms. The second-order valence-electron chi connectivity index (χ2n) is 4.95. The molecular weight excluding hydrogens is 330 g/mol. The molecule has 0 aliphatic rings. The molecule has 0 aliphatic heterocycles. The number of nitrogen functional groups attached to an aromatic ring is 1. The molecule has 2 N–H and O–H groups in total. The van der Waals surface area contributed by atoms with Gasteiger partial charge in [-0.1, -0.05) is 21.1 Å². The largest absolute Gasteiger partial charge is 0.399 e. The molecule has 2 aromatic carbocycles. The van der Waals surface area contributed by atoms with Gasteiger partial charge in [0.1, 0.15) is 0 Å². The van der Waals surface area contributed by atoms with E-state index in [-0.39, 0.29) is 0 Å². The third kappa shape index (κ3) is 2.69. The molecule has 0 atom stereocenters. The van der Waals surface area contributed by atoms with Gasteiger partial charge in [0.2, 0.25) is 5.82 Å². The maximum absolute atomic E-state index is 5.83. The monoisotopic (exact) mass is 343 g/mol. The number of anilines is 1. The lowest BCUT2D eigenvalue weighted by atomic mass is 10.1. The fraction of sp³-hybridized carbons (Fsp3) is 0.125. The summed E-state index contributed by atoms with van der Waals surface area (Å²) in [6.45, 7) is 3.97. The molecule has 0 aliphatic carbocycles. The first kappa shape index (κ1) is 13.8. The van der Waals surface area contributed by atoms with E-state index in [0.29, 0.717) is 11.7 Å². The van der Waals surface area contributed by atoms with Gasteiger partial charge < -0.3 is 10.3 Å². The predicted octanol–water partition coefficient (Wildman–Crippen LogP) is 4.37. The van der Waals surface area contributed by atoms with Gasteiger partial charge in [-0.05, 0) is 61.4 Å². The van der Waals surface area contributed by atoms with E-state index in [0.717, 1.165) is 32.4 Å². The van der Waals surface area contributed by atoms with Crippen molar-refractivity contribution in [3.63, 3.8) is 0 Å². The zero-order chi connectivity index (χ0) is 15.0. The van der Waals surface area contributed by atoms with Crippen molar-refractivity contribution in [2.75, 3.05) is 5.73 Å². The average molecular weight is 344 g/mol. The molecule has 0 spiro atoms. The second-order valence-corrected chi connectivity index (χ2v) is 5.87. The average Bonchev–Trinajstić information content (AvgIpc) is 2.91. The molecule has 1 aromatic heterocycles. The summed E-state index contributed by atoms with van der Waals surface area (Å²) in [5.74, 6) is 1.08. The highest BCUT2D eigenvalue weighted by Crippen LogP contribution is 2.27. The van der Waals surface area contributed by atoms with Gasteiger partial charge in [0, 0.05) is 21.3 Å². The van der Waals surface area contributed by atoms with Crippen LogP contribution in [0.3, 0.4) is 0 Å². The molecular formula is C16H14BrN3O. The van der Waals surface area contributed by atoms with E-state index < -0.39 is 0 Å². The maximum atomic E-state index is 5.83. The highest BCUT2D eigenvalue weighted by atomic mass is 79.9. The van der Waals surface area contributed by atoms with Crippen LogP contribution in [-0.2, 0) is 0 Å². The van der Waals surface area contributed by atoms with Gasteiger partial charge in [0.05, 0.1) is 0 Å². The summed E-state index contributed by atoms with van der Waals surface area (Å²) in [5.41, 5.74) is 10.5. The molecule has 106 valence electrons. The van der Waals surface area contributed by atoms with Crippen LogP contribution >= 0.6 is 15.9 Å². The number of nitrogens with two attached hydrogens (primary N) is 1. The summed E-state index contributed by atoms with van der Waals surface area (Å²) in [5, 5.41) is 4.07. The standard InChI is InChI=1S/C16H14BrN3O/c1-9-8-12(17)4-5-13(9)15-19-16(21-20-15)11-3-6-14(18)10(2)7-11/h3-8H,18H2,1-2H3. The van der Waals surface area contributed by atoms with Crippen molar-refractivity contribution in [1.82, 2.24) is 10.1 Å². The second kappa shape index (κ2) is 5.33. The van der Waals surface area contributed by atoms with E-state index in [1.165, 1.54) is 0 Å². The van der Waals surface area contributed by atoms with E-state index in [9.17, 15) is 0 Å². The quantitative estimate of drug-likeness (QED) is 0.702. The van der Waals surface area contributed by atoms with Gasteiger partial charge in [-0.15, -0.1) is 0 Å². The molecule has 0 saturated carbocycles. The minimum atomic E-state index is 0.496. The highest BCUT2D eigenvalue weighted by Gasteiger charge is 2.13. The minimum Gasteiger partial charge on any atom is -0.399 e. The van der Waals surface area contributed by atoms with Crippen molar-refractivity contribution in [1.29, 1.82) is 0 Å². The molecule has 5 heteroatoms.